The van der Waals surface area contributed by atoms with Crippen molar-refractivity contribution in [2.24, 2.45) is 0 Å². The zero-order chi connectivity index (χ0) is 21.3. The van der Waals surface area contributed by atoms with Gasteiger partial charge in [0.2, 0.25) is 5.91 Å². The third-order valence-corrected chi connectivity index (χ3v) is 4.39. The van der Waals surface area contributed by atoms with Gasteiger partial charge in [0.25, 0.3) is 5.91 Å². The van der Waals surface area contributed by atoms with Crippen LogP contribution in [0.15, 0.2) is 48.5 Å². The summed E-state index contributed by atoms with van der Waals surface area (Å²) in [7, 11) is 0. The summed E-state index contributed by atoms with van der Waals surface area (Å²) in [4.78, 5) is 24.2. The maximum absolute atomic E-state index is 12.8. The number of hydrogen-bond acceptors (Lipinski definition) is 2. The Morgan fingerprint density at radius 3 is 2.21 bits per heavy atom. The maximum Gasteiger partial charge on any atom is 0.416 e. The summed E-state index contributed by atoms with van der Waals surface area (Å²) in [6.07, 6.45) is 1.28. The molecule has 0 atom stereocenters. The highest BCUT2D eigenvalue weighted by molar-refractivity contribution is 6.04. The normalized spacial score (nSPS) is 11.2. The van der Waals surface area contributed by atoms with Gasteiger partial charge in [0.1, 0.15) is 0 Å². The van der Waals surface area contributed by atoms with Gasteiger partial charge in [-0.3, -0.25) is 9.59 Å². The van der Waals surface area contributed by atoms with Gasteiger partial charge in [-0.05, 0) is 48.9 Å². The number of nitrogens with one attached hydrogen (secondary N) is 2. The molecule has 0 saturated carbocycles. The molecule has 2 amide bonds. The molecule has 2 rings (SSSR count). The molecule has 0 bridgehead atoms. The molecule has 0 aromatic heterocycles. The van der Waals surface area contributed by atoms with Gasteiger partial charge in [0.15, 0.2) is 0 Å². The Morgan fingerprint density at radius 1 is 0.862 bits per heavy atom. The van der Waals surface area contributed by atoms with E-state index in [-0.39, 0.29) is 17.2 Å². The second-order valence-corrected chi connectivity index (χ2v) is 6.82. The Hall–Kier alpha value is -2.83. The second kappa shape index (κ2) is 10.6. The highest BCUT2D eigenvalue weighted by atomic mass is 19.4. The minimum Gasteiger partial charge on any atom is -0.326 e. The highest BCUT2D eigenvalue weighted by Gasteiger charge is 2.30. The van der Waals surface area contributed by atoms with Crippen LogP contribution in [-0.2, 0) is 11.0 Å². The van der Waals surface area contributed by atoms with E-state index in [0.29, 0.717) is 12.1 Å². The van der Waals surface area contributed by atoms with Crippen molar-refractivity contribution in [1.82, 2.24) is 0 Å². The zero-order valence-corrected chi connectivity index (χ0v) is 16.3. The quantitative estimate of drug-likeness (QED) is 0.483. The molecule has 0 unspecified atom stereocenters. The topological polar surface area (TPSA) is 58.2 Å². The fraction of sp³-hybridized carbons (Fsp3) is 0.364. The smallest absolute Gasteiger partial charge is 0.326 e. The van der Waals surface area contributed by atoms with Crippen molar-refractivity contribution >= 4 is 23.2 Å². The highest BCUT2D eigenvalue weighted by Crippen LogP contribution is 2.30. The predicted octanol–water partition coefficient (Wildman–Crippen LogP) is 6.26. The van der Waals surface area contributed by atoms with Gasteiger partial charge in [-0.1, -0.05) is 38.7 Å². The number of halogens is 3. The molecule has 2 aromatic rings. The van der Waals surface area contributed by atoms with Crippen molar-refractivity contribution in [3.8, 4) is 0 Å². The Kier molecular flexibility index (Phi) is 8.24. The largest absolute Gasteiger partial charge is 0.416 e. The number of carbonyl (C=O) groups excluding carboxylic acids is 2. The van der Waals surface area contributed by atoms with Crippen LogP contribution < -0.4 is 10.6 Å². The molecule has 0 spiro atoms. The lowest BCUT2D eigenvalue weighted by atomic mass is 10.1. The molecule has 0 aliphatic heterocycles. The summed E-state index contributed by atoms with van der Waals surface area (Å²) in [5.74, 6) is -0.610. The van der Waals surface area contributed by atoms with Crippen LogP contribution in [0, 0.1) is 0 Å². The van der Waals surface area contributed by atoms with E-state index in [1.54, 1.807) is 12.1 Å². The molecule has 7 heteroatoms. The second-order valence-electron chi connectivity index (χ2n) is 6.82. The number of hydrogen-bond donors (Lipinski definition) is 2. The molecule has 0 aliphatic carbocycles. The SMILES string of the molecule is CCCCCCCC(=O)Nc1ccc(C(=O)Nc2cccc(C(F)(F)F)c2)cc1. The molecule has 2 N–H and O–H groups in total. The zero-order valence-electron chi connectivity index (χ0n) is 16.3. The van der Waals surface area contributed by atoms with Gasteiger partial charge in [0.05, 0.1) is 5.56 Å². The Bertz CT molecular complexity index is 818. The number of carbonyl (C=O) groups is 2. The third-order valence-electron chi connectivity index (χ3n) is 4.39. The molecule has 0 fully saturated rings. The molecule has 0 saturated heterocycles. The van der Waals surface area contributed by atoms with Crippen LogP contribution in [-0.4, -0.2) is 11.8 Å². The van der Waals surface area contributed by atoms with Crippen molar-refractivity contribution in [3.05, 3.63) is 59.7 Å². The van der Waals surface area contributed by atoms with Gasteiger partial charge in [-0.15, -0.1) is 0 Å². The van der Waals surface area contributed by atoms with E-state index in [1.807, 2.05) is 0 Å². The van der Waals surface area contributed by atoms with E-state index in [2.05, 4.69) is 17.6 Å². The number of amides is 2. The van der Waals surface area contributed by atoms with E-state index < -0.39 is 17.6 Å². The summed E-state index contributed by atoms with van der Waals surface area (Å²) in [6, 6.07) is 10.7. The van der Waals surface area contributed by atoms with Gasteiger partial charge in [-0.2, -0.15) is 13.2 Å². The van der Waals surface area contributed by atoms with Gasteiger partial charge in [-0.25, -0.2) is 0 Å². The van der Waals surface area contributed by atoms with Crippen molar-refractivity contribution in [2.45, 2.75) is 51.6 Å². The summed E-state index contributed by atoms with van der Waals surface area (Å²) < 4.78 is 38.3. The van der Waals surface area contributed by atoms with Crippen LogP contribution in [0.2, 0.25) is 0 Å². The predicted molar refractivity (Wildman–Crippen MR) is 108 cm³/mol. The molecule has 29 heavy (non-hydrogen) atoms. The molecular formula is C22H25F3N2O2. The molecule has 0 heterocycles. The fourth-order valence-electron chi connectivity index (χ4n) is 2.79. The van der Waals surface area contributed by atoms with E-state index >= 15 is 0 Å². The summed E-state index contributed by atoms with van der Waals surface area (Å²) in [6.45, 7) is 2.14. The standard InChI is InChI=1S/C22H25F3N2O2/c1-2-3-4-5-6-10-20(28)26-18-13-11-16(12-14-18)21(29)27-19-9-7-8-17(15-19)22(23,24)25/h7-9,11-15H,2-6,10H2,1H3,(H,26,28)(H,27,29). The first-order chi connectivity index (χ1) is 13.8. The van der Waals surface area contributed by atoms with E-state index in [9.17, 15) is 22.8 Å². The number of rotatable bonds is 9. The molecule has 0 aliphatic rings. The number of anilines is 2. The fourth-order valence-corrected chi connectivity index (χ4v) is 2.79. The summed E-state index contributed by atoms with van der Waals surface area (Å²) in [5, 5.41) is 5.23. The van der Waals surface area contributed by atoms with Crippen molar-refractivity contribution < 1.29 is 22.8 Å². The monoisotopic (exact) mass is 406 g/mol. The lowest BCUT2D eigenvalue weighted by Crippen LogP contribution is -2.14. The van der Waals surface area contributed by atoms with Crippen LogP contribution >= 0.6 is 0 Å². The van der Waals surface area contributed by atoms with Crippen molar-refractivity contribution in [2.75, 3.05) is 10.6 Å². The minimum atomic E-state index is -4.48. The Labute approximate surface area is 168 Å². The van der Waals surface area contributed by atoms with Gasteiger partial charge < -0.3 is 10.6 Å². The van der Waals surface area contributed by atoms with Crippen LogP contribution in [0.25, 0.3) is 0 Å². The van der Waals surface area contributed by atoms with Crippen molar-refractivity contribution in [3.63, 3.8) is 0 Å². The van der Waals surface area contributed by atoms with Crippen LogP contribution in [0.5, 0.6) is 0 Å². The molecular weight excluding hydrogens is 381 g/mol. The lowest BCUT2D eigenvalue weighted by Gasteiger charge is -2.10. The van der Waals surface area contributed by atoms with E-state index in [0.717, 1.165) is 37.8 Å². The number of unbranched alkanes of at least 4 members (excludes halogenated alkanes) is 4. The number of alkyl halides is 3. The summed E-state index contributed by atoms with van der Waals surface area (Å²) >= 11 is 0. The van der Waals surface area contributed by atoms with Crippen LogP contribution in [0.3, 0.4) is 0 Å². The average molecular weight is 406 g/mol. The Balaban J connectivity index is 1.88. The molecule has 2 aromatic carbocycles. The Morgan fingerprint density at radius 2 is 1.55 bits per heavy atom. The molecule has 4 nitrogen and oxygen atoms in total. The maximum atomic E-state index is 12.8. The molecule has 156 valence electrons. The first-order valence-corrected chi connectivity index (χ1v) is 9.68. The van der Waals surface area contributed by atoms with Gasteiger partial charge in [0, 0.05) is 23.4 Å². The number of benzene rings is 2. The lowest BCUT2D eigenvalue weighted by molar-refractivity contribution is -0.137. The first-order valence-electron chi connectivity index (χ1n) is 9.68. The summed E-state index contributed by atoms with van der Waals surface area (Å²) in [5.41, 5.74) is 0.0764. The first kappa shape index (κ1) is 22.5. The van der Waals surface area contributed by atoms with E-state index in [1.165, 1.54) is 30.7 Å². The van der Waals surface area contributed by atoms with Crippen molar-refractivity contribution in [1.29, 1.82) is 0 Å². The van der Waals surface area contributed by atoms with Gasteiger partial charge >= 0.3 is 6.18 Å². The molecule has 0 radical (unpaired) electrons. The average Bonchev–Trinajstić information content (AvgIpc) is 2.68. The van der Waals surface area contributed by atoms with E-state index in [4.69, 9.17) is 0 Å². The third kappa shape index (κ3) is 7.60. The van der Waals surface area contributed by atoms with Crippen LogP contribution in [0.1, 0.15) is 61.4 Å². The van der Waals surface area contributed by atoms with Crippen LogP contribution in [0.4, 0.5) is 24.5 Å². The minimum absolute atomic E-state index is 0.0604.